The molecule has 2 aromatic rings. The van der Waals surface area contributed by atoms with Crippen LogP contribution < -0.4 is 0 Å². The zero-order valence-electron chi connectivity index (χ0n) is 12.5. The molecule has 0 aliphatic heterocycles. The lowest BCUT2D eigenvalue weighted by Crippen LogP contribution is -1.86. The topological polar surface area (TPSA) is 0 Å². The summed E-state index contributed by atoms with van der Waals surface area (Å²) >= 11 is 3.43. The van der Waals surface area contributed by atoms with E-state index in [1.165, 1.54) is 37.7 Å². The number of halogens is 1. The van der Waals surface area contributed by atoms with Crippen molar-refractivity contribution in [3.63, 3.8) is 0 Å². The number of rotatable bonds is 5. The predicted octanol–water partition coefficient (Wildman–Crippen LogP) is 5.97. The van der Waals surface area contributed by atoms with Crippen molar-refractivity contribution in [2.24, 2.45) is 0 Å². The number of hydrogen-bond donors (Lipinski definition) is 0. The molecule has 0 heterocycles. The second-order valence-corrected chi connectivity index (χ2v) is 6.18. The van der Waals surface area contributed by atoms with Crippen LogP contribution in [0.4, 0.5) is 0 Å². The molecular weight excluding hydrogens is 320 g/mol. The van der Waals surface area contributed by atoms with Crippen LogP contribution in [0.25, 0.3) is 0 Å². The van der Waals surface area contributed by atoms with E-state index in [1.807, 2.05) is 24.3 Å². The molecule has 0 saturated heterocycles. The molecule has 0 spiro atoms. The summed E-state index contributed by atoms with van der Waals surface area (Å²) in [5, 5.41) is 0. The van der Waals surface area contributed by atoms with Gasteiger partial charge in [-0.2, -0.15) is 0 Å². The van der Waals surface area contributed by atoms with Gasteiger partial charge >= 0.3 is 0 Å². The van der Waals surface area contributed by atoms with Gasteiger partial charge in [-0.05, 0) is 54.8 Å². The average molecular weight is 341 g/mol. The van der Waals surface area contributed by atoms with Gasteiger partial charge in [0.1, 0.15) is 0 Å². The van der Waals surface area contributed by atoms with E-state index in [1.54, 1.807) is 0 Å². The summed E-state index contributed by atoms with van der Waals surface area (Å²) < 4.78 is 1.08. The molecule has 0 saturated carbocycles. The van der Waals surface area contributed by atoms with Gasteiger partial charge in [0, 0.05) is 15.6 Å². The van der Waals surface area contributed by atoms with Crippen LogP contribution in [0.15, 0.2) is 53.0 Å². The highest BCUT2D eigenvalue weighted by molar-refractivity contribution is 9.10. The van der Waals surface area contributed by atoms with Crippen LogP contribution in [-0.4, -0.2) is 0 Å². The molecule has 0 nitrogen and oxygen atoms in total. The Labute approximate surface area is 136 Å². The molecule has 21 heavy (non-hydrogen) atoms. The van der Waals surface area contributed by atoms with Crippen molar-refractivity contribution >= 4 is 15.9 Å². The molecule has 0 aliphatic carbocycles. The van der Waals surface area contributed by atoms with Gasteiger partial charge in [0.05, 0.1) is 0 Å². The smallest absolute Gasteiger partial charge is 0.0249 e. The highest BCUT2D eigenvalue weighted by Gasteiger charge is 1.94. The predicted molar refractivity (Wildman–Crippen MR) is 94.4 cm³/mol. The van der Waals surface area contributed by atoms with E-state index in [-0.39, 0.29) is 0 Å². The first-order valence-corrected chi connectivity index (χ1v) is 8.44. The van der Waals surface area contributed by atoms with Crippen molar-refractivity contribution < 1.29 is 0 Å². The summed E-state index contributed by atoms with van der Waals surface area (Å²) in [4.78, 5) is 0. The van der Waals surface area contributed by atoms with E-state index in [4.69, 9.17) is 0 Å². The third kappa shape index (κ3) is 5.78. The summed E-state index contributed by atoms with van der Waals surface area (Å²) in [6.07, 6.45) is 6.45. The standard InChI is InChI=1S/C20H21Br/c1-2-3-4-5-6-17-7-9-18(10-8-17)11-12-19-13-15-20(21)16-14-19/h7-10,13-16H,2-6H2,1H3. The lowest BCUT2D eigenvalue weighted by Gasteiger charge is -2.01. The maximum Gasteiger partial charge on any atom is 0.0249 e. The summed E-state index contributed by atoms with van der Waals surface area (Å²) in [5.41, 5.74) is 3.54. The van der Waals surface area contributed by atoms with Crippen LogP contribution in [0.3, 0.4) is 0 Å². The van der Waals surface area contributed by atoms with Gasteiger partial charge in [-0.15, -0.1) is 0 Å². The summed E-state index contributed by atoms with van der Waals surface area (Å²) in [5.74, 6) is 6.42. The Morgan fingerprint density at radius 3 is 1.90 bits per heavy atom. The molecule has 0 N–H and O–H groups in total. The monoisotopic (exact) mass is 340 g/mol. The van der Waals surface area contributed by atoms with E-state index in [0.29, 0.717) is 0 Å². The van der Waals surface area contributed by atoms with Gasteiger partial charge in [-0.3, -0.25) is 0 Å². The van der Waals surface area contributed by atoms with Gasteiger partial charge < -0.3 is 0 Å². The molecule has 0 amide bonds. The molecule has 108 valence electrons. The van der Waals surface area contributed by atoms with Crippen LogP contribution in [0.5, 0.6) is 0 Å². The van der Waals surface area contributed by atoms with Crippen molar-refractivity contribution in [2.75, 3.05) is 0 Å². The molecule has 0 aromatic heterocycles. The number of unbranched alkanes of at least 4 members (excludes halogenated alkanes) is 3. The molecule has 1 heteroatoms. The molecule has 0 radical (unpaired) electrons. The van der Waals surface area contributed by atoms with Gasteiger partial charge in [-0.1, -0.05) is 66.1 Å². The van der Waals surface area contributed by atoms with Crippen molar-refractivity contribution in [1.29, 1.82) is 0 Å². The molecule has 0 fully saturated rings. The van der Waals surface area contributed by atoms with Crippen LogP contribution in [0.2, 0.25) is 0 Å². The van der Waals surface area contributed by atoms with E-state index < -0.39 is 0 Å². The molecule has 0 bridgehead atoms. The van der Waals surface area contributed by atoms with Gasteiger partial charge in [0.25, 0.3) is 0 Å². The molecule has 0 unspecified atom stereocenters. The first-order valence-electron chi connectivity index (χ1n) is 7.64. The highest BCUT2D eigenvalue weighted by atomic mass is 79.9. The lowest BCUT2D eigenvalue weighted by molar-refractivity contribution is 0.667. The quantitative estimate of drug-likeness (QED) is 0.464. The fraction of sp³-hybridized carbons (Fsp3) is 0.300. The van der Waals surface area contributed by atoms with Crippen LogP contribution >= 0.6 is 15.9 Å². The largest absolute Gasteiger partial charge is 0.0654 e. The fourth-order valence-corrected chi connectivity index (χ4v) is 2.45. The molecule has 0 atom stereocenters. The SMILES string of the molecule is CCCCCCc1ccc(C#Cc2ccc(Br)cc2)cc1. The van der Waals surface area contributed by atoms with Crippen LogP contribution in [0.1, 0.15) is 49.3 Å². The average Bonchev–Trinajstić information content (AvgIpc) is 2.52. The fourth-order valence-electron chi connectivity index (χ4n) is 2.19. The second-order valence-electron chi connectivity index (χ2n) is 5.26. The van der Waals surface area contributed by atoms with E-state index in [2.05, 4.69) is 59.0 Å². The minimum absolute atomic E-state index is 1.04. The highest BCUT2D eigenvalue weighted by Crippen LogP contribution is 2.11. The van der Waals surface area contributed by atoms with Crippen LogP contribution in [-0.2, 0) is 6.42 Å². The zero-order valence-corrected chi connectivity index (χ0v) is 14.1. The number of benzene rings is 2. The second kappa shape index (κ2) is 8.70. The Morgan fingerprint density at radius 2 is 1.33 bits per heavy atom. The number of aryl methyl sites for hydroxylation is 1. The molecular formula is C20H21Br. The van der Waals surface area contributed by atoms with Crippen molar-refractivity contribution in [3.8, 4) is 11.8 Å². The van der Waals surface area contributed by atoms with Crippen molar-refractivity contribution in [2.45, 2.75) is 39.0 Å². The maximum absolute atomic E-state index is 3.43. The van der Waals surface area contributed by atoms with Gasteiger partial charge in [0.15, 0.2) is 0 Å². The Bertz CT molecular complexity index is 597. The van der Waals surface area contributed by atoms with Gasteiger partial charge in [0.2, 0.25) is 0 Å². The maximum atomic E-state index is 3.43. The molecule has 0 aliphatic rings. The molecule has 2 aromatic carbocycles. The van der Waals surface area contributed by atoms with Crippen LogP contribution in [0, 0.1) is 11.8 Å². The van der Waals surface area contributed by atoms with Crippen molar-refractivity contribution in [1.82, 2.24) is 0 Å². The summed E-state index contributed by atoms with van der Waals surface area (Å²) in [7, 11) is 0. The lowest BCUT2D eigenvalue weighted by atomic mass is 10.0. The Kier molecular flexibility index (Phi) is 6.57. The first-order chi connectivity index (χ1) is 10.3. The van der Waals surface area contributed by atoms with Gasteiger partial charge in [-0.25, -0.2) is 0 Å². The van der Waals surface area contributed by atoms with E-state index in [9.17, 15) is 0 Å². The molecule has 2 rings (SSSR count). The van der Waals surface area contributed by atoms with Crippen molar-refractivity contribution in [3.05, 3.63) is 69.7 Å². The van der Waals surface area contributed by atoms with E-state index in [0.717, 1.165) is 15.6 Å². The number of hydrogen-bond acceptors (Lipinski definition) is 0. The Hall–Kier alpha value is -1.52. The van der Waals surface area contributed by atoms with E-state index >= 15 is 0 Å². The summed E-state index contributed by atoms with van der Waals surface area (Å²) in [6.45, 7) is 2.25. The minimum atomic E-state index is 1.04. The zero-order chi connectivity index (χ0) is 14.9. The third-order valence-electron chi connectivity index (χ3n) is 3.47. The summed E-state index contributed by atoms with van der Waals surface area (Å²) in [6, 6.07) is 16.8. The third-order valence-corrected chi connectivity index (χ3v) is 4.00. The Morgan fingerprint density at radius 1 is 0.762 bits per heavy atom. The Balaban J connectivity index is 1.92. The normalized spacial score (nSPS) is 10.0. The first kappa shape index (κ1) is 15.9. The minimum Gasteiger partial charge on any atom is -0.0654 e.